The monoisotopic (exact) mass is 336 g/mol. The lowest BCUT2D eigenvalue weighted by Gasteiger charge is -2.04. The molecule has 0 radical (unpaired) electrons. The zero-order chi connectivity index (χ0) is 14.8. The number of nitrogens with zero attached hydrogens (tertiary/aromatic N) is 1. The average Bonchev–Trinajstić information content (AvgIpc) is 2.80. The molecule has 0 aliphatic rings. The fraction of sp³-hybridized carbons (Fsp3) is 0. The molecule has 0 unspecified atom stereocenters. The summed E-state index contributed by atoms with van der Waals surface area (Å²) >= 11 is 9.08. The molecule has 2 aromatic carbocycles. The van der Waals surface area contributed by atoms with Crippen LogP contribution in [-0.4, -0.2) is 4.98 Å². The molecule has 1 aromatic heterocycles. The van der Waals surface area contributed by atoms with Gasteiger partial charge in [-0.25, -0.2) is 9.37 Å². The maximum Gasteiger partial charge on any atom is 0.181 e. The van der Waals surface area contributed by atoms with E-state index >= 15 is 0 Å². The van der Waals surface area contributed by atoms with Gasteiger partial charge in [-0.3, -0.25) is 0 Å². The number of nitrogens with two attached hydrogens (primary N) is 1. The van der Waals surface area contributed by atoms with Crippen LogP contribution in [0.3, 0.4) is 0 Å². The van der Waals surface area contributed by atoms with Crippen molar-refractivity contribution in [1.29, 1.82) is 0 Å². The fourth-order valence-corrected chi connectivity index (χ4v) is 4.15. The zero-order valence-corrected chi connectivity index (χ0v) is 13.1. The predicted molar refractivity (Wildman–Crippen MR) is 87.5 cm³/mol. The lowest BCUT2D eigenvalue weighted by molar-refractivity contribution is 0.628. The molecule has 0 bridgehead atoms. The van der Waals surface area contributed by atoms with Crippen LogP contribution in [0.4, 0.5) is 9.52 Å². The highest BCUT2D eigenvalue weighted by Gasteiger charge is 2.16. The van der Waals surface area contributed by atoms with Crippen LogP contribution in [0.1, 0.15) is 0 Å². The van der Waals surface area contributed by atoms with E-state index in [1.54, 1.807) is 17.8 Å². The van der Waals surface area contributed by atoms with Crippen molar-refractivity contribution in [1.82, 2.24) is 4.98 Å². The molecule has 2 N–H and O–H groups in total. The highest BCUT2D eigenvalue weighted by molar-refractivity contribution is 8.01. The number of halogens is 2. The van der Waals surface area contributed by atoms with Gasteiger partial charge in [0.25, 0.3) is 0 Å². The first-order valence-corrected chi connectivity index (χ1v) is 8.09. The highest BCUT2D eigenvalue weighted by atomic mass is 35.5. The van der Waals surface area contributed by atoms with Gasteiger partial charge in [0.1, 0.15) is 5.82 Å². The van der Waals surface area contributed by atoms with Gasteiger partial charge in [-0.1, -0.05) is 52.9 Å². The summed E-state index contributed by atoms with van der Waals surface area (Å²) in [6.07, 6.45) is 0. The maximum absolute atomic E-state index is 13.2. The van der Waals surface area contributed by atoms with Gasteiger partial charge in [0.2, 0.25) is 0 Å². The van der Waals surface area contributed by atoms with Crippen LogP contribution in [0.25, 0.3) is 11.3 Å². The standard InChI is InChI=1S/C15H10ClFN2S2/c16-12-8-9(17)6-7-11(12)13-14(21-15(18)19-13)20-10-4-2-1-3-5-10/h1-8H,(H2,18,19). The summed E-state index contributed by atoms with van der Waals surface area (Å²) in [4.78, 5) is 5.42. The smallest absolute Gasteiger partial charge is 0.181 e. The van der Waals surface area contributed by atoms with Gasteiger partial charge in [-0.15, -0.1) is 0 Å². The van der Waals surface area contributed by atoms with E-state index in [0.717, 1.165) is 9.10 Å². The van der Waals surface area contributed by atoms with Crippen LogP contribution < -0.4 is 5.73 Å². The molecule has 0 amide bonds. The van der Waals surface area contributed by atoms with Gasteiger partial charge in [-0.05, 0) is 30.3 Å². The van der Waals surface area contributed by atoms with E-state index < -0.39 is 0 Å². The number of rotatable bonds is 3. The Kier molecular flexibility index (Phi) is 4.14. The highest BCUT2D eigenvalue weighted by Crippen LogP contribution is 2.42. The Morgan fingerprint density at radius 3 is 2.62 bits per heavy atom. The first-order valence-electron chi connectivity index (χ1n) is 6.08. The third-order valence-corrected chi connectivity index (χ3v) is 5.13. The quantitative estimate of drug-likeness (QED) is 0.702. The van der Waals surface area contributed by atoms with Crippen LogP contribution in [-0.2, 0) is 0 Å². The summed E-state index contributed by atoms with van der Waals surface area (Å²) in [5, 5.41) is 0.791. The normalized spacial score (nSPS) is 10.8. The van der Waals surface area contributed by atoms with E-state index in [2.05, 4.69) is 4.98 Å². The number of hydrogen-bond donors (Lipinski definition) is 1. The molecular formula is C15H10ClFN2S2. The largest absolute Gasteiger partial charge is 0.375 e. The molecule has 0 saturated carbocycles. The number of aromatic nitrogens is 1. The molecule has 21 heavy (non-hydrogen) atoms. The van der Waals surface area contributed by atoms with Gasteiger partial charge < -0.3 is 5.73 Å². The molecule has 106 valence electrons. The minimum absolute atomic E-state index is 0.329. The summed E-state index contributed by atoms with van der Waals surface area (Å²) in [5.74, 6) is -0.371. The Morgan fingerprint density at radius 1 is 1.14 bits per heavy atom. The first kappa shape index (κ1) is 14.4. The Balaban J connectivity index is 2.03. The second-order valence-corrected chi connectivity index (χ2v) is 7.01. The summed E-state index contributed by atoms with van der Waals surface area (Å²) in [6.45, 7) is 0. The molecule has 0 atom stereocenters. The van der Waals surface area contributed by atoms with Gasteiger partial charge in [0.15, 0.2) is 5.13 Å². The van der Waals surface area contributed by atoms with Crippen molar-refractivity contribution >= 4 is 39.8 Å². The third kappa shape index (κ3) is 3.20. The second kappa shape index (κ2) is 6.05. The Morgan fingerprint density at radius 2 is 1.90 bits per heavy atom. The topological polar surface area (TPSA) is 38.9 Å². The van der Waals surface area contributed by atoms with Crippen LogP contribution in [0, 0.1) is 5.82 Å². The van der Waals surface area contributed by atoms with Gasteiger partial charge >= 0.3 is 0 Å². The molecule has 2 nitrogen and oxygen atoms in total. The predicted octanol–water partition coefficient (Wildman–Crippen LogP) is 5.34. The number of hydrogen-bond acceptors (Lipinski definition) is 4. The van der Waals surface area contributed by atoms with E-state index in [0.29, 0.717) is 21.4 Å². The minimum atomic E-state index is -0.371. The van der Waals surface area contributed by atoms with E-state index in [1.807, 2.05) is 30.3 Å². The molecule has 0 aliphatic heterocycles. The van der Waals surface area contributed by atoms with Crippen molar-refractivity contribution in [2.24, 2.45) is 0 Å². The maximum atomic E-state index is 13.2. The van der Waals surface area contributed by atoms with Crippen molar-refractivity contribution in [2.75, 3.05) is 5.73 Å². The van der Waals surface area contributed by atoms with Crippen LogP contribution >= 0.6 is 34.7 Å². The molecule has 1 heterocycles. The van der Waals surface area contributed by atoms with Crippen molar-refractivity contribution < 1.29 is 4.39 Å². The van der Waals surface area contributed by atoms with Gasteiger partial charge in [-0.2, -0.15) is 0 Å². The van der Waals surface area contributed by atoms with Crippen LogP contribution in [0.2, 0.25) is 5.02 Å². The van der Waals surface area contributed by atoms with Gasteiger partial charge in [0, 0.05) is 10.5 Å². The van der Waals surface area contributed by atoms with E-state index in [-0.39, 0.29) is 5.82 Å². The lowest BCUT2D eigenvalue weighted by atomic mass is 10.2. The van der Waals surface area contributed by atoms with Crippen molar-refractivity contribution in [3.05, 3.63) is 59.4 Å². The van der Waals surface area contributed by atoms with E-state index in [9.17, 15) is 4.39 Å². The molecule has 0 saturated heterocycles. The number of thiazole rings is 1. The first-order chi connectivity index (χ1) is 10.1. The van der Waals surface area contributed by atoms with Crippen molar-refractivity contribution in [3.63, 3.8) is 0 Å². The molecule has 6 heteroatoms. The Labute approximate surface area is 134 Å². The molecule has 3 aromatic rings. The van der Waals surface area contributed by atoms with Crippen LogP contribution in [0.5, 0.6) is 0 Å². The molecule has 3 rings (SSSR count). The van der Waals surface area contributed by atoms with E-state index in [1.165, 1.54) is 23.5 Å². The Bertz CT molecular complexity index is 775. The number of nitrogen functional groups attached to an aromatic ring is 1. The SMILES string of the molecule is Nc1nc(-c2ccc(F)cc2Cl)c(Sc2ccccc2)s1. The van der Waals surface area contributed by atoms with Crippen LogP contribution in [0.15, 0.2) is 57.6 Å². The third-order valence-electron chi connectivity index (χ3n) is 2.75. The number of benzene rings is 2. The molecule has 0 aliphatic carbocycles. The minimum Gasteiger partial charge on any atom is -0.375 e. The average molecular weight is 337 g/mol. The number of anilines is 1. The van der Waals surface area contributed by atoms with Crippen molar-refractivity contribution in [3.8, 4) is 11.3 Å². The zero-order valence-electron chi connectivity index (χ0n) is 10.7. The fourth-order valence-electron chi connectivity index (χ4n) is 1.84. The molecule has 0 fully saturated rings. The summed E-state index contributed by atoms with van der Waals surface area (Å²) in [6, 6.07) is 14.2. The van der Waals surface area contributed by atoms with E-state index in [4.69, 9.17) is 17.3 Å². The van der Waals surface area contributed by atoms with Crippen molar-refractivity contribution in [2.45, 2.75) is 9.10 Å². The summed E-state index contributed by atoms with van der Waals surface area (Å²) < 4.78 is 14.1. The second-order valence-electron chi connectivity index (χ2n) is 4.23. The lowest BCUT2D eigenvalue weighted by Crippen LogP contribution is -1.86. The molecule has 0 spiro atoms. The Hall–Kier alpha value is -1.56. The summed E-state index contributed by atoms with van der Waals surface area (Å²) in [5.41, 5.74) is 7.20. The van der Waals surface area contributed by atoms with Gasteiger partial charge in [0.05, 0.1) is 14.9 Å². The molecular weight excluding hydrogens is 327 g/mol. The summed E-state index contributed by atoms with van der Waals surface area (Å²) in [7, 11) is 0.